The summed E-state index contributed by atoms with van der Waals surface area (Å²) in [6.07, 6.45) is 2.78. The number of aromatic nitrogens is 5. The molecule has 2 aromatic heterocycles. The highest BCUT2D eigenvalue weighted by atomic mass is 35.5. The summed E-state index contributed by atoms with van der Waals surface area (Å²) < 4.78 is 10.2. The van der Waals surface area contributed by atoms with Gasteiger partial charge >= 0.3 is 6.01 Å². The third kappa shape index (κ3) is 4.32. The number of nitrogens with one attached hydrogen (secondary N) is 1. The summed E-state index contributed by atoms with van der Waals surface area (Å²) in [6.45, 7) is 3.06. The second-order valence-corrected chi connectivity index (χ2v) is 3.91. The van der Waals surface area contributed by atoms with Gasteiger partial charge in [-0.1, -0.05) is 12.1 Å². The molecular formula is C10H13ClN6O2. The summed E-state index contributed by atoms with van der Waals surface area (Å²) in [6, 6.07) is 0.210. The molecule has 0 aromatic carbocycles. The molecule has 0 aliphatic carbocycles. The van der Waals surface area contributed by atoms with E-state index in [0.29, 0.717) is 31.4 Å². The Morgan fingerprint density at radius 3 is 3.00 bits per heavy atom. The summed E-state index contributed by atoms with van der Waals surface area (Å²) in [5.41, 5.74) is 0. The molecule has 0 fully saturated rings. The summed E-state index contributed by atoms with van der Waals surface area (Å²) >= 11 is 5.78. The minimum atomic E-state index is 0.0846. The Bertz CT molecular complexity index is 507. The zero-order chi connectivity index (χ0) is 13.5. The molecule has 2 aromatic rings. The molecule has 0 spiro atoms. The van der Waals surface area contributed by atoms with E-state index in [0.717, 1.165) is 6.42 Å². The van der Waals surface area contributed by atoms with Crippen molar-refractivity contribution in [3.05, 3.63) is 17.5 Å². The second-order valence-electron chi connectivity index (χ2n) is 3.57. The van der Waals surface area contributed by atoms with Crippen LogP contribution in [0.4, 0.5) is 5.95 Å². The Hall–Kier alpha value is -1.96. The number of anilines is 1. The van der Waals surface area contributed by atoms with Crippen molar-refractivity contribution in [2.45, 2.75) is 19.8 Å². The van der Waals surface area contributed by atoms with Crippen LogP contribution < -0.4 is 10.1 Å². The molecule has 8 nitrogen and oxygen atoms in total. The molecule has 0 unspecified atom stereocenters. The maximum absolute atomic E-state index is 5.78. The number of hydrogen-bond donors (Lipinski definition) is 1. The van der Waals surface area contributed by atoms with Gasteiger partial charge in [-0.3, -0.25) is 0 Å². The second kappa shape index (κ2) is 6.83. The van der Waals surface area contributed by atoms with Crippen molar-refractivity contribution in [3.63, 3.8) is 0 Å². The van der Waals surface area contributed by atoms with Gasteiger partial charge in [0.2, 0.25) is 17.1 Å². The zero-order valence-electron chi connectivity index (χ0n) is 10.3. The molecule has 9 heteroatoms. The van der Waals surface area contributed by atoms with Crippen LogP contribution in [-0.4, -0.2) is 38.2 Å². The molecule has 0 bridgehead atoms. The SMILES string of the molecule is CCCOc1nc(Cl)nc(NCCc2ncno2)n1. The maximum atomic E-state index is 5.78. The van der Waals surface area contributed by atoms with Crippen molar-refractivity contribution in [1.82, 2.24) is 25.1 Å². The molecule has 0 atom stereocenters. The van der Waals surface area contributed by atoms with Crippen LogP contribution in [0, 0.1) is 0 Å². The standard InChI is InChI=1S/C10H13ClN6O2/c1-2-5-18-10-16-8(11)15-9(17-10)12-4-3-7-13-6-14-19-7/h6H,2-5H2,1H3,(H,12,15,16,17). The van der Waals surface area contributed by atoms with Crippen molar-refractivity contribution in [2.75, 3.05) is 18.5 Å². The van der Waals surface area contributed by atoms with E-state index in [1.54, 1.807) is 0 Å². The van der Waals surface area contributed by atoms with Crippen LogP contribution in [0.3, 0.4) is 0 Å². The highest BCUT2D eigenvalue weighted by molar-refractivity contribution is 6.28. The van der Waals surface area contributed by atoms with Gasteiger partial charge in [0.1, 0.15) is 0 Å². The van der Waals surface area contributed by atoms with Crippen LogP contribution in [0.2, 0.25) is 5.28 Å². The van der Waals surface area contributed by atoms with Gasteiger partial charge in [-0.2, -0.15) is 19.9 Å². The van der Waals surface area contributed by atoms with Crippen LogP contribution in [0.15, 0.2) is 10.9 Å². The number of halogens is 1. The van der Waals surface area contributed by atoms with Crippen molar-refractivity contribution >= 4 is 17.5 Å². The molecule has 0 aliphatic rings. The van der Waals surface area contributed by atoms with Gasteiger partial charge in [-0.05, 0) is 18.0 Å². The molecule has 0 amide bonds. The van der Waals surface area contributed by atoms with E-state index in [2.05, 4.69) is 30.4 Å². The summed E-state index contributed by atoms with van der Waals surface area (Å²) in [5.74, 6) is 0.890. The number of ether oxygens (including phenoxy) is 1. The molecule has 0 saturated carbocycles. The first-order chi connectivity index (χ1) is 9.28. The zero-order valence-corrected chi connectivity index (χ0v) is 11.1. The molecule has 0 aliphatic heterocycles. The fourth-order valence-electron chi connectivity index (χ4n) is 1.26. The lowest BCUT2D eigenvalue weighted by Gasteiger charge is -2.06. The molecule has 0 radical (unpaired) electrons. The fraction of sp³-hybridized carbons (Fsp3) is 0.500. The quantitative estimate of drug-likeness (QED) is 0.813. The Labute approximate surface area is 114 Å². The minimum Gasteiger partial charge on any atom is -0.463 e. The predicted octanol–water partition coefficient (Wildman–Crippen LogP) is 1.35. The van der Waals surface area contributed by atoms with E-state index in [4.69, 9.17) is 20.9 Å². The van der Waals surface area contributed by atoms with Crippen LogP contribution in [0.1, 0.15) is 19.2 Å². The molecule has 19 heavy (non-hydrogen) atoms. The third-order valence-electron chi connectivity index (χ3n) is 2.05. The fourth-order valence-corrected chi connectivity index (χ4v) is 1.41. The smallest absolute Gasteiger partial charge is 0.322 e. The van der Waals surface area contributed by atoms with E-state index in [-0.39, 0.29) is 11.3 Å². The van der Waals surface area contributed by atoms with E-state index < -0.39 is 0 Å². The topological polar surface area (TPSA) is 98.9 Å². The van der Waals surface area contributed by atoms with Crippen molar-refractivity contribution in [2.24, 2.45) is 0 Å². The number of rotatable bonds is 7. The van der Waals surface area contributed by atoms with E-state index >= 15 is 0 Å². The molecule has 1 N–H and O–H groups in total. The van der Waals surface area contributed by atoms with E-state index in [1.807, 2.05) is 6.92 Å². The van der Waals surface area contributed by atoms with Gasteiger partial charge in [0.25, 0.3) is 0 Å². The van der Waals surface area contributed by atoms with Crippen molar-refractivity contribution in [1.29, 1.82) is 0 Å². The highest BCUT2D eigenvalue weighted by Gasteiger charge is 2.06. The lowest BCUT2D eigenvalue weighted by molar-refractivity contribution is 0.291. The maximum Gasteiger partial charge on any atom is 0.322 e. The largest absolute Gasteiger partial charge is 0.463 e. The van der Waals surface area contributed by atoms with E-state index in [1.165, 1.54) is 6.33 Å². The summed E-state index contributed by atoms with van der Waals surface area (Å²) in [4.78, 5) is 15.8. The number of nitrogens with zero attached hydrogens (tertiary/aromatic N) is 5. The average molecular weight is 285 g/mol. The third-order valence-corrected chi connectivity index (χ3v) is 2.22. The van der Waals surface area contributed by atoms with Crippen LogP contribution in [0.25, 0.3) is 0 Å². The Morgan fingerprint density at radius 1 is 1.37 bits per heavy atom. The van der Waals surface area contributed by atoms with Crippen LogP contribution >= 0.6 is 11.6 Å². The molecule has 2 rings (SSSR count). The predicted molar refractivity (Wildman–Crippen MR) is 67.1 cm³/mol. The van der Waals surface area contributed by atoms with E-state index in [9.17, 15) is 0 Å². The van der Waals surface area contributed by atoms with Gasteiger partial charge < -0.3 is 14.6 Å². The lowest BCUT2D eigenvalue weighted by atomic mass is 10.4. The first-order valence-electron chi connectivity index (χ1n) is 5.81. The normalized spacial score (nSPS) is 10.4. The number of hydrogen-bond acceptors (Lipinski definition) is 8. The Morgan fingerprint density at radius 2 is 2.26 bits per heavy atom. The molecule has 0 saturated heterocycles. The van der Waals surface area contributed by atoms with Gasteiger partial charge in [-0.25, -0.2) is 0 Å². The minimum absolute atomic E-state index is 0.0846. The van der Waals surface area contributed by atoms with Gasteiger partial charge in [0.15, 0.2) is 6.33 Å². The lowest BCUT2D eigenvalue weighted by Crippen LogP contribution is -2.10. The van der Waals surface area contributed by atoms with Crippen molar-refractivity contribution in [3.8, 4) is 6.01 Å². The molecule has 2 heterocycles. The summed E-state index contributed by atoms with van der Waals surface area (Å²) in [5, 5.41) is 6.58. The van der Waals surface area contributed by atoms with Gasteiger partial charge in [-0.15, -0.1) is 0 Å². The first kappa shape index (κ1) is 13.5. The van der Waals surface area contributed by atoms with Crippen molar-refractivity contribution < 1.29 is 9.26 Å². The Kier molecular flexibility index (Phi) is 4.85. The molecule has 102 valence electrons. The first-order valence-corrected chi connectivity index (χ1v) is 6.19. The van der Waals surface area contributed by atoms with Gasteiger partial charge in [0, 0.05) is 13.0 Å². The summed E-state index contributed by atoms with van der Waals surface area (Å²) in [7, 11) is 0. The molecular weight excluding hydrogens is 272 g/mol. The van der Waals surface area contributed by atoms with Crippen LogP contribution in [0.5, 0.6) is 6.01 Å². The highest BCUT2D eigenvalue weighted by Crippen LogP contribution is 2.11. The Balaban J connectivity index is 1.90. The average Bonchev–Trinajstić information content (AvgIpc) is 2.89. The van der Waals surface area contributed by atoms with Gasteiger partial charge in [0.05, 0.1) is 6.61 Å². The monoisotopic (exact) mass is 284 g/mol. The van der Waals surface area contributed by atoms with Crippen LogP contribution in [-0.2, 0) is 6.42 Å².